The summed E-state index contributed by atoms with van der Waals surface area (Å²) in [5, 5.41) is 7.10. The number of carbonyl (C=O) groups excluding carboxylic acids is 1. The van der Waals surface area contributed by atoms with Crippen LogP contribution in [0.4, 0.5) is 0 Å². The number of ether oxygens (including phenoxy) is 2. The Labute approximate surface area is 147 Å². The molecule has 2 aliphatic heterocycles. The number of fused-ring (bicyclic) bond motifs is 1. The van der Waals surface area contributed by atoms with Crippen LogP contribution in [0.3, 0.4) is 0 Å². The third-order valence-electron chi connectivity index (χ3n) is 5.14. The summed E-state index contributed by atoms with van der Waals surface area (Å²) in [7, 11) is 0. The number of rotatable bonds is 4. The fourth-order valence-corrected chi connectivity index (χ4v) is 3.59. The molecule has 132 valence electrons. The van der Waals surface area contributed by atoms with E-state index in [0.29, 0.717) is 45.8 Å². The Morgan fingerprint density at radius 3 is 2.88 bits per heavy atom. The van der Waals surface area contributed by atoms with Crippen LogP contribution in [0.25, 0.3) is 0 Å². The lowest BCUT2D eigenvalue weighted by atomic mass is 9.91. The van der Waals surface area contributed by atoms with Crippen LogP contribution in [0, 0.1) is 0 Å². The second-order valence-electron chi connectivity index (χ2n) is 6.73. The lowest BCUT2D eigenvalue weighted by molar-refractivity contribution is -0.175. The van der Waals surface area contributed by atoms with Crippen molar-refractivity contribution >= 4 is 5.91 Å². The molecule has 1 fully saturated rings. The van der Waals surface area contributed by atoms with Crippen molar-refractivity contribution in [2.75, 3.05) is 19.8 Å². The van der Waals surface area contributed by atoms with Gasteiger partial charge in [0.1, 0.15) is 0 Å². The first kappa shape index (κ1) is 16.3. The molecule has 3 heterocycles. The van der Waals surface area contributed by atoms with Crippen molar-refractivity contribution in [1.29, 1.82) is 0 Å². The normalized spacial score (nSPS) is 19.4. The van der Waals surface area contributed by atoms with Gasteiger partial charge in [-0.1, -0.05) is 30.3 Å². The number of aromatic nitrogens is 2. The Bertz CT molecular complexity index is 723. The summed E-state index contributed by atoms with van der Waals surface area (Å²) in [6.07, 6.45) is 3.89. The second-order valence-corrected chi connectivity index (χ2v) is 6.73. The molecule has 0 radical (unpaired) electrons. The average Bonchev–Trinajstić information content (AvgIpc) is 3.15. The van der Waals surface area contributed by atoms with Gasteiger partial charge in [-0.05, 0) is 17.5 Å². The molecule has 0 bridgehead atoms. The lowest BCUT2D eigenvalue weighted by Crippen LogP contribution is -2.54. The van der Waals surface area contributed by atoms with Gasteiger partial charge in [0.05, 0.1) is 25.0 Å². The maximum atomic E-state index is 13.3. The fraction of sp³-hybridized carbons (Fsp3) is 0.474. The molecule has 1 amide bonds. The number of benzene rings is 1. The zero-order valence-corrected chi connectivity index (χ0v) is 14.2. The monoisotopic (exact) mass is 341 g/mol. The molecule has 1 aromatic heterocycles. The highest BCUT2D eigenvalue weighted by Crippen LogP contribution is 2.31. The standard InChI is InChI=1S/C19H23N3O3/c23-18(22-9-6-16-12-20-21-17(16)13-22)19(7-10-24-11-8-19)25-14-15-4-2-1-3-5-15/h1-5,12H,6-11,13-14H2,(H,20,21). The van der Waals surface area contributed by atoms with E-state index in [4.69, 9.17) is 9.47 Å². The minimum Gasteiger partial charge on any atom is -0.381 e. The fourth-order valence-electron chi connectivity index (χ4n) is 3.59. The molecule has 0 aliphatic carbocycles. The Kier molecular flexibility index (Phi) is 4.55. The summed E-state index contributed by atoms with van der Waals surface area (Å²) in [5.41, 5.74) is 2.53. The number of hydrogen-bond donors (Lipinski definition) is 1. The molecule has 2 aliphatic rings. The number of carbonyl (C=O) groups is 1. The Morgan fingerprint density at radius 1 is 1.28 bits per heavy atom. The van der Waals surface area contributed by atoms with Crippen LogP contribution in [0.5, 0.6) is 0 Å². The summed E-state index contributed by atoms with van der Waals surface area (Å²) >= 11 is 0. The van der Waals surface area contributed by atoms with Crippen molar-refractivity contribution in [3.63, 3.8) is 0 Å². The molecule has 25 heavy (non-hydrogen) atoms. The van der Waals surface area contributed by atoms with E-state index in [1.165, 1.54) is 5.56 Å². The van der Waals surface area contributed by atoms with Crippen LogP contribution < -0.4 is 0 Å². The van der Waals surface area contributed by atoms with Crippen molar-refractivity contribution in [3.8, 4) is 0 Å². The highest BCUT2D eigenvalue weighted by Gasteiger charge is 2.44. The van der Waals surface area contributed by atoms with E-state index >= 15 is 0 Å². The van der Waals surface area contributed by atoms with E-state index in [-0.39, 0.29) is 5.91 Å². The smallest absolute Gasteiger partial charge is 0.255 e. The number of nitrogens with zero attached hydrogens (tertiary/aromatic N) is 2. The molecular formula is C19H23N3O3. The maximum absolute atomic E-state index is 13.3. The second kappa shape index (κ2) is 6.98. The van der Waals surface area contributed by atoms with Crippen molar-refractivity contribution in [2.45, 2.75) is 38.0 Å². The van der Waals surface area contributed by atoms with Gasteiger partial charge >= 0.3 is 0 Å². The number of amides is 1. The minimum atomic E-state index is -0.786. The molecule has 4 rings (SSSR count). The van der Waals surface area contributed by atoms with Crippen LogP contribution in [-0.4, -0.2) is 46.4 Å². The number of H-pyrrole nitrogens is 1. The van der Waals surface area contributed by atoms with Crippen LogP contribution >= 0.6 is 0 Å². The highest BCUT2D eigenvalue weighted by molar-refractivity contribution is 5.85. The predicted molar refractivity (Wildman–Crippen MR) is 91.7 cm³/mol. The van der Waals surface area contributed by atoms with Crippen molar-refractivity contribution in [1.82, 2.24) is 15.1 Å². The molecule has 6 nitrogen and oxygen atoms in total. The van der Waals surface area contributed by atoms with Crippen molar-refractivity contribution in [2.24, 2.45) is 0 Å². The molecule has 0 spiro atoms. The largest absolute Gasteiger partial charge is 0.381 e. The van der Waals surface area contributed by atoms with Crippen molar-refractivity contribution < 1.29 is 14.3 Å². The number of hydrogen-bond acceptors (Lipinski definition) is 4. The Hall–Kier alpha value is -2.18. The number of aromatic amines is 1. The van der Waals surface area contributed by atoms with Gasteiger partial charge in [-0.3, -0.25) is 9.89 Å². The van der Waals surface area contributed by atoms with Gasteiger partial charge in [-0.2, -0.15) is 5.10 Å². The van der Waals surface area contributed by atoms with Crippen LogP contribution in [-0.2, 0) is 33.8 Å². The topological polar surface area (TPSA) is 67.5 Å². The molecule has 6 heteroatoms. The first-order chi connectivity index (χ1) is 12.3. The van der Waals surface area contributed by atoms with E-state index in [1.807, 2.05) is 41.4 Å². The third kappa shape index (κ3) is 3.32. The zero-order chi connectivity index (χ0) is 17.1. The van der Waals surface area contributed by atoms with Gasteiger partial charge < -0.3 is 14.4 Å². The van der Waals surface area contributed by atoms with E-state index in [0.717, 1.165) is 17.7 Å². The minimum absolute atomic E-state index is 0.0759. The van der Waals surface area contributed by atoms with Crippen LogP contribution in [0.15, 0.2) is 36.5 Å². The average molecular weight is 341 g/mol. The van der Waals surface area contributed by atoms with Gasteiger partial charge in [0, 0.05) is 32.6 Å². The van der Waals surface area contributed by atoms with E-state index < -0.39 is 5.60 Å². The first-order valence-corrected chi connectivity index (χ1v) is 8.83. The predicted octanol–water partition coefficient (Wildman–Crippen LogP) is 2.06. The molecule has 0 atom stereocenters. The van der Waals surface area contributed by atoms with Crippen molar-refractivity contribution in [3.05, 3.63) is 53.3 Å². The van der Waals surface area contributed by atoms with Gasteiger partial charge in [-0.25, -0.2) is 0 Å². The van der Waals surface area contributed by atoms with Crippen LogP contribution in [0.1, 0.15) is 29.7 Å². The lowest BCUT2D eigenvalue weighted by Gasteiger charge is -2.40. The molecule has 0 unspecified atom stereocenters. The molecule has 1 N–H and O–H groups in total. The molecular weight excluding hydrogens is 318 g/mol. The summed E-state index contributed by atoms with van der Waals surface area (Å²) in [6, 6.07) is 10.0. The van der Waals surface area contributed by atoms with E-state index in [9.17, 15) is 4.79 Å². The SMILES string of the molecule is O=C(N1CCc2cn[nH]c2C1)C1(OCc2ccccc2)CCOCC1. The maximum Gasteiger partial charge on any atom is 0.255 e. The summed E-state index contributed by atoms with van der Waals surface area (Å²) in [5.74, 6) is 0.0759. The van der Waals surface area contributed by atoms with Gasteiger partial charge in [0.25, 0.3) is 5.91 Å². The quantitative estimate of drug-likeness (QED) is 0.924. The van der Waals surface area contributed by atoms with E-state index in [2.05, 4.69) is 10.2 Å². The third-order valence-corrected chi connectivity index (χ3v) is 5.14. The molecule has 1 aromatic carbocycles. The summed E-state index contributed by atoms with van der Waals surface area (Å²) in [6.45, 7) is 2.84. The Morgan fingerprint density at radius 2 is 2.08 bits per heavy atom. The molecule has 0 saturated carbocycles. The highest BCUT2D eigenvalue weighted by atomic mass is 16.5. The summed E-state index contributed by atoms with van der Waals surface area (Å²) in [4.78, 5) is 15.2. The Balaban J connectivity index is 1.51. The van der Waals surface area contributed by atoms with Gasteiger partial charge in [0.2, 0.25) is 0 Å². The number of nitrogens with one attached hydrogen (secondary N) is 1. The zero-order valence-electron chi connectivity index (χ0n) is 14.2. The van der Waals surface area contributed by atoms with Crippen LogP contribution in [0.2, 0.25) is 0 Å². The van der Waals surface area contributed by atoms with Gasteiger partial charge in [0.15, 0.2) is 5.60 Å². The van der Waals surface area contributed by atoms with Gasteiger partial charge in [-0.15, -0.1) is 0 Å². The molecule has 1 saturated heterocycles. The molecule has 2 aromatic rings. The van der Waals surface area contributed by atoms with E-state index in [1.54, 1.807) is 0 Å². The first-order valence-electron chi connectivity index (χ1n) is 8.83. The summed E-state index contributed by atoms with van der Waals surface area (Å²) < 4.78 is 11.7.